The molecule has 1 aromatic carbocycles. The Kier molecular flexibility index (Phi) is 2.97. The molecule has 0 spiro atoms. The molecule has 2 rings (SSSR count). The number of carbonyl (C=O) groups is 2. The lowest BCUT2D eigenvalue weighted by Gasteiger charge is -2.26. The third-order valence-corrected chi connectivity index (χ3v) is 3.35. The summed E-state index contributed by atoms with van der Waals surface area (Å²) in [6.07, 6.45) is 0. The summed E-state index contributed by atoms with van der Waals surface area (Å²) in [4.78, 5) is 23.5. The maximum absolute atomic E-state index is 11.9. The molecule has 1 N–H and O–H groups in total. The second-order valence-electron chi connectivity index (χ2n) is 3.36. The molecule has 1 aromatic rings. The number of ketones is 1. The Morgan fingerprint density at radius 3 is 2.53 bits per heavy atom. The van der Waals surface area contributed by atoms with Crippen molar-refractivity contribution in [3.63, 3.8) is 0 Å². The van der Waals surface area contributed by atoms with Crippen LogP contribution >= 0.6 is 34.8 Å². The Morgan fingerprint density at radius 2 is 1.94 bits per heavy atom. The SMILES string of the molecule is COc1c(Cl)ccc2c1NC(=O)C(Cl)(Cl)C2=O. The molecular formula is C10H6Cl3NO3. The van der Waals surface area contributed by atoms with Crippen LogP contribution in [-0.2, 0) is 4.79 Å². The van der Waals surface area contributed by atoms with Crippen LogP contribution in [0.5, 0.6) is 5.75 Å². The van der Waals surface area contributed by atoms with Gasteiger partial charge in [0, 0.05) is 5.56 Å². The van der Waals surface area contributed by atoms with Crippen molar-refractivity contribution in [3.05, 3.63) is 22.7 Å². The first-order valence-corrected chi connectivity index (χ1v) is 5.63. The van der Waals surface area contributed by atoms with Gasteiger partial charge < -0.3 is 10.1 Å². The van der Waals surface area contributed by atoms with Crippen LogP contribution in [0.4, 0.5) is 5.69 Å². The van der Waals surface area contributed by atoms with E-state index in [9.17, 15) is 9.59 Å². The highest BCUT2D eigenvalue weighted by molar-refractivity contribution is 6.71. The number of anilines is 1. The molecule has 0 aliphatic carbocycles. The van der Waals surface area contributed by atoms with Crippen LogP contribution in [0.1, 0.15) is 10.4 Å². The third-order valence-electron chi connectivity index (χ3n) is 2.37. The molecule has 1 aliphatic rings. The predicted octanol–water partition coefficient (Wildman–Crippen LogP) is 2.66. The molecule has 0 bridgehead atoms. The highest BCUT2D eigenvalue weighted by Gasteiger charge is 2.48. The summed E-state index contributed by atoms with van der Waals surface area (Å²) in [6.45, 7) is 0. The number of fused-ring (bicyclic) bond motifs is 1. The summed E-state index contributed by atoms with van der Waals surface area (Å²) in [5.41, 5.74) is 0.350. The van der Waals surface area contributed by atoms with Gasteiger partial charge in [0.25, 0.3) is 10.2 Å². The summed E-state index contributed by atoms with van der Waals surface area (Å²) in [5, 5.41) is 2.68. The lowest BCUT2D eigenvalue weighted by atomic mass is 10.00. The van der Waals surface area contributed by atoms with E-state index in [-0.39, 0.29) is 22.0 Å². The Labute approximate surface area is 112 Å². The molecule has 90 valence electrons. The summed E-state index contributed by atoms with van der Waals surface area (Å²) >= 11 is 17.2. The Morgan fingerprint density at radius 1 is 1.29 bits per heavy atom. The largest absolute Gasteiger partial charge is 0.493 e. The molecule has 17 heavy (non-hydrogen) atoms. The molecule has 0 radical (unpaired) electrons. The number of benzene rings is 1. The molecule has 0 unspecified atom stereocenters. The van der Waals surface area contributed by atoms with Gasteiger partial charge in [-0.05, 0) is 12.1 Å². The van der Waals surface area contributed by atoms with Crippen LogP contribution in [0.15, 0.2) is 12.1 Å². The number of ether oxygens (including phenoxy) is 1. The monoisotopic (exact) mass is 293 g/mol. The maximum atomic E-state index is 11.9. The van der Waals surface area contributed by atoms with E-state index in [1.165, 1.54) is 19.2 Å². The number of hydrogen-bond acceptors (Lipinski definition) is 3. The van der Waals surface area contributed by atoms with Gasteiger partial charge in [0.1, 0.15) is 0 Å². The molecule has 7 heteroatoms. The summed E-state index contributed by atoms with van der Waals surface area (Å²) < 4.78 is 2.90. The number of Topliss-reactive ketones (excluding diaryl/α,β-unsaturated/α-hetero) is 1. The molecule has 0 aromatic heterocycles. The normalized spacial score (nSPS) is 17.4. The van der Waals surface area contributed by atoms with E-state index >= 15 is 0 Å². The van der Waals surface area contributed by atoms with Gasteiger partial charge in [-0.1, -0.05) is 34.8 Å². The second kappa shape index (κ2) is 4.05. The van der Waals surface area contributed by atoms with Crippen LogP contribution < -0.4 is 10.1 Å². The number of rotatable bonds is 1. The molecule has 0 fully saturated rings. The van der Waals surface area contributed by atoms with E-state index in [1.807, 2.05) is 0 Å². The number of methoxy groups -OCH3 is 1. The van der Waals surface area contributed by atoms with E-state index < -0.39 is 16.0 Å². The van der Waals surface area contributed by atoms with Crippen LogP contribution in [0.3, 0.4) is 0 Å². The van der Waals surface area contributed by atoms with Crippen molar-refractivity contribution >= 4 is 52.2 Å². The van der Waals surface area contributed by atoms with Gasteiger partial charge in [0.2, 0.25) is 5.78 Å². The zero-order valence-corrected chi connectivity index (χ0v) is 10.8. The van der Waals surface area contributed by atoms with Gasteiger partial charge in [0.15, 0.2) is 5.75 Å². The third kappa shape index (κ3) is 1.76. The lowest BCUT2D eigenvalue weighted by Crippen LogP contribution is -2.44. The standard InChI is InChI=1S/C10H6Cl3NO3/c1-17-7-5(11)3-2-4-6(7)14-9(16)10(12,13)8(4)15/h2-3H,1H3,(H,14,16). The second-order valence-corrected chi connectivity index (χ2v) is 5.10. The van der Waals surface area contributed by atoms with Crippen LogP contribution in [0.2, 0.25) is 5.02 Å². The van der Waals surface area contributed by atoms with Crippen LogP contribution in [0, 0.1) is 0 Å². The maximum Gasteiger partial charge on any atom is 0.269 e. The fourth-order valence-corrected chi connectivity index (χ4v) is 2.07. The van der Waals surface area contributed by atoms with Gasteiger partial charge in [0.05, 0.1) is 17.8 Å². The fraction of sp³-hybridized carbons (Fsp3) is 0.200. The molecular weight excluding hydrogens is 288 g/mol. The molecule has 4 nitrogen and oxygen atoms in total. The zero-order valence-electron chi connectivity index (χ0n) is 8.51. The molecule has 1 amide bonds. The molecule has 0 saturated heterocycles. The number of amides is 1. The molecule has 0 atom stereocenters. The minimum atomic E-state index is -2.12. The predicted molar refractivity (Wildman–Crippen MR) is 65.4 cm³/mol. The first-order chi connectivity index (χ1) is 7.89. The quantitative estimate of drug-likeness (QED) is 0.640. The lowest BCUT2D eigenvalue weighted by molar-refractivity contribution is -0.116. The highest BCUT2D eigenvalue weighted by Crippen LogP contribution is 2.42. The number of alkyl halides is 2. The van der Waals surface area contributed by atoms with E-state index in [4.69, 9.17) is 39.5 Å². The van der Waals surface area contributed by atoms with Crippen molar-refractivity contribution in [2.24, 2.45) is 0 Å². The molecule has 1 aliphatic heterocycles. The summed E-state index contributed by atoms with van der Waals surface area (Å²) in [5.74, 6) is -1.32. The first kappa shape index (κ1) is 12.5. The van der Waals surface area contributed by atoms with Gasteiger partial charge in [-0.15, -0.1) is 0 Å². The zero-order chi connectivity index (χ0) is 12.8. The number of nitrogens with one attached hydrogen (secondary N) is 1. The van der Waals surface area contributed by atoms with Crippen molar-refractivity contribution in [1.82, 2.24) is 0 Å². The number of carbonyl (C=O) groups excluding carboxylic acids is 2. The topological polar surface area (TPSA) is 55.4 Å². The fourth-order valence-electron chi connectivity index (χ4n) is 1.53. The van der Waals surface area contributed by atoms with Crippen LogP contribution in [0.25, 0.3) is 0 Å². The van der Waals surface area contributed by atoms with Crippen LogP contribution in [-0.4, -0.2) is 23.1 Å². The first-order valence-electron chi connectivity index (χ1n) is 4.50. The minimum Gasteiger partial charge on any atom is -0.493 e. The highest BCUT2D eigenvalue weighted by atomic mass is 35.5. The van der Waals surface area contributed by atoms with E-state index in [0.717, 1.165) is 0 Å². The van der Waals surface area contributed by atoms with E-state index in [2.05, 4.69) is 5.32 Å². The Bertz CT molecular complexity index is 528. The summed E-state index contributed by atoms with van der Waals surface area (Å²) in [7, 11) is 1.38. The summed E-state index contributed by atoms with van der Waals surface area (Å²) in [6, 6.07) is 2.90. The van der Waals surface area contributed by atoms with Gasteiger partial charge in [-0.2, -0.15) is 0 Å². The molecule has 1 heterocycles. The van der Waals surface area contributed by atoms with E-state index in [1.54, 1.807) is 0 Å². The Balaban J connectivity index is 2.69. The van der Waals surface area contributed by atoms with Gasteiger partial charge in [-0.25, -0.2) is 0 Å². The van der Waals surface area contributed by atoms with Crippen molar-refractivity contribution in [2.45, 2.75) is 4.33 Å². The van der Waals surface area contributed by atoms with Crippen molar-refractivity contribution in [3.8, 4) is 5.75 Å². The molecule has 0 saturated carbocycles. The van der Waals surface area contributed by atoms with Crippen molar-refractivity contribution in [2.75, 3.05) is 12.4 Å². The number of halogens is 3. The minimum absolute atomic E-state index is 0.163. The smallest absolute Gasteiger partial charge is 0.269 e. The number of hydrogen-bond donors (Lipinski definition) is 1. The van der Waals surface area contributed by atoms with E-state index in [0.29, 0.717) is 0 Å². The van der Waals surface area contributed by atoms with Crippen molar-refractivity contribution < 1.29 is 14.3 Å². The Hall–Kier alpha value is -0.970. The average molecular weight is 295 g/mol. The average Bonchev–Trinajstić information content (AvgIpc) is 2.27. The van der Waals surface area contributed by atoms with Gasteiger partial charge >= 0.3 is 0 Å². The van der Waals surface area contributed by atoms with Gasteiger partial charge in [-0.3, -0.25) is 9.59 Å². The van der Waals surface area contributed by atoms with Crippen molar-refractivity contribution in [1.29, 1.82) is 0 Å².